The van der Waals surface area contributed by atoms with Gasteiger partial charge in [-0.1, -0.05) is 87.1 Å². The van der Waals surface area contributed by atoms with Gasteiger partial charge in [0.15, 0.2) is 0 Å². The number of hydrogen-bond donors (Lipinski definition) is 9. The van der Waals surface area contributed by atoms with Crippen LogP contribution in [0.3, 0.4) is 0 Å². The molecule has 2 aliphatic heterocycles. The Bertz CT molecular complexity index is 2490. The number of carbonyl (C=O) groups excluding carboxylic acids is 7. The summed E-state index contributed by atoms with van der Waals surface area (Å²) < 4.78 is 0. The lowest BCUT2D eigenvalue weighted by Crippen LogP contribution is -2.58. The fourth-order valence-corrected chi connectivity index (χ4v) is 14.5. The molecule has 11 atom stereocenters. The lowest BCUT2D eigenvalue weighted by atomic mass is 9.80. The van der Waals surface area contributed by atoms with Gasteiger partial charge in [-0.25, -0.2) is 0 Å². The summed E-state index contributed by atoms with van der Waals surface area (Å²) in [5, 5.41) is 37.4. The Balaban J connectivity index is 0.854. The number of rotatable bonds is 19. The minimum atomic E-state index is -0.961. The maximum absolute atomic E-state index is 15.0. The number of aryl methyl sites for hydroxylation is 2. The van der Waals surface area contributed by atoms with E-state index in [9.17, 15) is 38.7 Å². The van der Waals surface area contributed by atoms with Crippen molar-refractivity contribution < 1.29 is 38.7 Å². The van der Waals surface area contributed by atoms with E-state index < -0.39 is 54.6 Å². The second-order valence-electron chi connectivity index (χ2n) is 24.7. The highest BCUT2D eigenvalue weighted by Gasteiger charge is 2.48. The molecule has 1 unspecified atom stereocenters. The number of aliphatic hydroxyl groups is 1. The van der Waals surface area contributed by atoms with Crippen LogP contribution < -0.4 is 42.5 Å². The van der Waals surface area contributed by atoms with E-state index in [1.165, 1.54) is 11.1 Å². The van der Waals surface area contributed by atoms with E-state index in [1.54, 1.807) is 37.7 Å². The van der Waals surface area contributed by atoms with Crippen LogP contribution in [0.4, 0.5) is 0 Å². The highest BCUT2D eigenvalue weighted by Crippen LogP contribution is 2.37. The molecule has 18 heteroatoms. The Kier molecular flexibility index (Phi) is 20.4. The van der Waals surface area contributed by atoms with Gasteiger partial charge in [-0.3, -0.25) is 38.9 Å². The highest BCUT2D eigenvalue weighted by molar-refractivity contribution is 5.95. The summed E-state index contributed by atoms with van der Waals surface area (Å²) in [4.78, 5) is 103. The highest BCUT2D eigenvalue weighted by atomic mass is 16.3. The van der Waals surface area contributed by atoms with E-state index in [2.05, 4.69) is 66.8 Å². The molecule has 18 nitrogen and oxygen atoms in total. The largest absolute Gasteiger partial charge is 0.378 e. The summed E-state index contributed by atoms with van der Waals surface area (Å²) in [7, 11) is 3.42. The van der Waals surface area contributed by atoms with E-state index >= 15 is 0 Å². The summed E-state index contributed by atoms with van der Waals surface area (Å²) >= 11 is 0. The second-order valence-corrected chi connectivity index (χ2v) is 24.7. The van der Waals surface area contributed by atoms with Crippen LogP contribution in [-0.4, -0.2) is 138 Å². The van der Waals surface area contributed by atoms with E-state index in [0.29, 0.717) is 25.7 Å². The normalized spacial score (nSPS) is 28.2. The Labute approximate surface area is 474 Å². The van der Waals surface area contributed by atoms with Crippen molar-refractivity contribution in [1.29, 1.82) is 0 Å². The number of likely N-dealkylation sites (tertiary alicyclic amines) is 2. The zero-order valence-corrected chi connectivity index (χ0v) is 47.9. The third-order valence-corrected chi connectivity index (χ3v) is 19.5. The predicted octanol–water partition coefficient (Wildman–Crippen LogP) is 4.49. The minimum Gasteiger partial charge on any atom is -0.378 e. The van der Waals surface area contributed by atoms with Crippen molar-refractivity contribution in [3.8, 4) is 0 Å². The van der Waals surface area contributed by atoms with Crippen molar-refractivity contribution in [3.63, 3.8) is 0 Å². The Morgan fingerprint density at radius 1 is 0.500 bits per heavy atom. The van der Waals surface area contributed by atoms with Gasteiger partial charge < -0.3 is 52.1 Å². The first-order valence-electron chi connectivity index (χ1n) is 30.8. The van der Waals surface area contributed by atoms with E-state index in [-0.39, 0.29) is 103 Å². The van der Waals surface area contributed by atoms with Crippen molar-refractivity contribution in [1.82, 2.24) is 52.3 Å². The molecule has 9 rings (SSSR count). The summed E-state index contributed by atoms with van der Waals surface area (Å²) in [5.41, 5.74) is 4.61. The molecular formula is C62H92N10O8. The number of nitrogens with one attached hydrogen (secondary N) is 8. The summed E-state index contributed by atoms with van der Waals surface area (Å²) in [6, 6.07) is 10.8. The minimum absolute atomic E-state index is 0.0608. The molecule has 7 amide bonds. The van der Waals surface area contributed by atoms with Crippen LogP contribution in [0.2, 0.25) is 0 Å². The van der Waals surface area contributed by atoms with Gasteiger partial charge in [0.05, 0.1) is 24.2 Å². The summed E-state index contributed by atoms with van der Waals surface area (Å²) in [5.74, 6) is -2.41. The van der Waals surface area contributed by atoms with Gasteiger partial charge in [0, 0.05) is 31.1 Å². The smallest absolute Gasteiger partial charge is 0.246 e. The van der Waals surface area contributed by atoms with Crippen LogP contribution in [0.1, 0.15) is 177 Å². The Morgan fingerprint density at radius 2 is 0.938 bits per heavy atom. The number of carbonyl (C=O) groups is 7. The van der Waals surface area contributed by atoms with Gasteiger partial charge in [-0.2, -0.15) is 0 Å². The molecule has 0 spiro atoms. The van der Waals surface area contributed by atoms with Gasteiger partial charge in [0.25, 0.3) is 0 Å². The molecule has 5 fully saturated rings. The predicted molar refractivity (Wildman–Crippen MR) is 305 cm³/mol. The fraction of sp³-hybridized carbons (Fsp3) is 0.694. The van der Waals surface area contributed by atoms with Gasteiger partial charge in [-0.15, -0.1) is 0 Å². The number of nitrogens with zero attached hydrogens (tertiary/aromatic N) is 2. The molecule has 438 valence electrons. The van der Waals surface area contributed by atoms with Crippen LogP contribution >= 0.6 is 0 Å². The number of hydrogen-bond acceptors (Lipinski definition) is 11. The molecule has 2 heterocycles. The zero-order valence-electron chi connectivity index (χ0n) is 47.9. The molecule has 0 radical (unpaired) electrons. The molecule has 80 heavy (non-hydrogen) atoms. The first-order valence-corrected chi connectivity index (χ1v) is 30.8. The molecule has 0 aromatic heterocycles. The van der Waals surface area contributed by atoms with E-state index in [4.69, 9.17) is 0 Å². The van der Waals surface area contributed by atoms with Gasteiger partial charge in [0.2, 0.25) is 41.4 Å². The topological polar surface area (TPSA) is 242 Å². The van der Waals surface area contributed by atoms with Crippen molar-refractivity contribution >= 4 is 41.4 Å². The maximum atomic E-state index is 15.0. The van der Waals surface area contributed by atoms with Crippen LogP contribution in [0, 0.1) is 23.7 Å². The Hall–Kier alpha value is -5.43. The molecular weight excluding hydrogens is 1010 g/mol. The molecule has 2 aromatic rings. The monoisotopic (exact) mass is 1100 g/mol. The molecule has 5 aliphatic carbocycles. The molecule has 0 bridgehead atoms. The third kappa shape index (κ3) is 14.1. The number of aliphatic hydroxyl groups excluding tert-OH is 1. The maximum Gasteiger partial charge on any atom is 0.246 e. The van der Waals surface area contributed by atoms with Gasteiger partial charge >= 0.3 is 0 Å². The van der Waals surface area contributed by atoms with Crippen LogP contribution in [0.25, 0.3) is 0 Å². The first kappa shape index (κ1) is 59.2. The Morgan fingerprint density at radius 3 is 1.40 bits per heavy atom. The van der Waals surface area contributed by atoms with Gasteiger partial charge in [0.1, 0.15) is 30.4 Å². The first-order chi connectivity index (χ1) is 38.7. The lowest BCUT2D eigenvalue weighted by Gasteiger charge is -2.36. The number of benzene rings is 2. The average Bonchev–Trinajstić information content (AvgIpc) is 4.12. The summed E-state index contributed by atoms with van der Waals surface area (Å²) in [6.45, 7) is 3.84. The quantitative estimate of drug-likeness (QED) is 0.0889. The number of fused-ring (bicyclic) bond motifs is 2. The van der Waals surface area contributed by atoms with Crippen molar-refractivity contribution in [2.24, 2.45) is 23.7 Å². The standard InChI is InChI=1S/C62H92N10O8/c1-37(63-3)55(73)69-53(41-19-7-5-8-20-41)61(79)71-35-45(33-51(71)59(77)67-49-27-15-23-39-17-11-13-25-47(39)49)65-57(75)43-29-31-44(32-30-43)58(76)66-46-34-52(60(78)68-50-28-16-24-40-18-12-14-26-48(40)50)72(36-46)62(80)54(42-21-9-6-10-22-42)70-56(74)38(2)64-4/h11-14,17-18,25-26,37-38,41-46,49-54,57,63-65,75H,5-10,15-16,19-24,27-36H2,1-4H3,(H,66,76)(H,67,77)(H,68,78)(H,69,73)(H,70,74)/t37-,38-,43?,44?,45-,46-,49+,50+,51-,52-,53-,54-,57?/m0/s1. The van der Waals surface area contributed by atoms with Gasteiger partial charge in [-0.05, 0) is 171 Å². The lowest BCUT2D eigenvalue weighted by molar-refractivity contribution is -0.143. The second kappa shape index (κ2) is 27.6. The number of amides is 7. The molecule has 9 N–H and O–H groups in total. The SMILES string of the molecule is CN[C@@H](C)C(=O)N[C@H](C(=O)N1C[C@@H](NC(=O)C2CCC(C(O)N[C@H]3C[C@@H](C(=O)N[C@@H]4CCCc5ccccc54)N(C(=O)[C@@H](NC(=O)[C@H](C)NC)C4CCCCC4)C3)CC2)C[C@H]1C(=O)N[C@@H]1CCCc2ccccc21)C1CCCCC1. The number of likely N-dealkylation sites (N-methyl/N-ethyl adjacent to an activating group) is 2. The van der Waals surface area contributed by atoms with E-state index in [1.807, 2.05) is 24.3 Å². The third-order valence-electron chi connectivity index (χ3n) is 19.5. The van der Waals surface area contributed by atoms with Crippen molar-refractivity contribution in [2.75, 3.05) is 27.2 Å². The fourth-order valence-electron chi connectivity index (χ4n) is 14.5. The van der Waals surface area contributed by atoms with Crippen molar-refractivity contribution in [3.05, 3.63) is 70.8 Å². The molecule has 2 saturated heterocycles. The zero-order chi connectivity index (χ0) is 56.5. The molecule has 3 saturated carbocycles. The van der Waals surface area contributed by atoms with Crippen molar-refractivity contribution in [2.45, 2.75) is 222 Å². The summed E-state index contributed by atoms with van der Waals surface area (Å²) in [6.07, 6.45) is 16.2. The molecule has 7 aliphatic rings. The molecule has 2 aromatic carbocycles. The average molecular weight is 1110 g/mol. The van der Waals surface area contributed by atoms with Crippen LogP contribution in [0.15, 0.2) is 48.5 Å². The van der Waals surface area contributed by atoms with Crippen LogP contribution in [-0.2, 0) is 46.4 Å². The van der Waals surface area contributed by atoms with Crippen LogP contribution in [0.5, 0.6) is 0 Å². The van der Waals surface area contributed by atoms with E-state index in [0.717, 1.165) is 114 Å².